The predicted molar refractivity (Wildman–Crippen MR) is 60.9 cm³/mol. The summed E-state index contributed by atoms with van der Waals surface area (Å²) < 4.78 is 1.61. The number of rotatable bonds is 3. The van der Waals surface area contributed by atoms with Crippen molar-refractivity contribution in [2.75, 3.05) is 0 Å². The Hall–Kier alpha value is -1.58. The summed E-state index contributed by atoms with van der Waals surface area (Å²) in [5, 5.41) is 2.82. The van der Waals surface area contributed by atoms with Crippen molar-refractivity contribution in [1.29, 1.82) is 0 Å². The Morgan fingerprint density at radius 3 is 2.50 bits per heavy atom. The molecule has 2 heterocycles. The second-order valence-electron chi connectivity index (χ2n) is 4.19. The number of nitrogens with zero attached hydrogens (tertiary/aromatic N) is 1. The van der Waals surface area contributed by atoms with Gasteiger partial charge in [0.05, 0.1) is 5.41 Å². The van der Waals surface area contributed by atoms with Crippen LogP contribution in [0.15, 0.2) is 29.2 Å². The van der Waals surface area contributed by atoms with Gasteiger partial charge in [-0.2, -0.15) is 0 Å². The van der Waals surface area contributed by atoms with Crippen LogP contribution < -0.4 is 10.9 Å². The first-order valence-corrected chi connectivity index (χ1v) is 5.64. The molecular formula is C12H16N2O2. The van der Waals surface area contributed by atoms with E-state index < -0.39 is 5.41 Å². The SMILES string of the molecule is CCC1(CC)C(=O)NC1n1ccccc1=O. The molecule has 1 aliphatic rings. The summed E-state index contributed by atoms with van der Waals surface area (Å²) >= 11 is 0. The predicted octanol–water partition coefficient (Wildman–Crippen LogP) is 1.28. The normalized spacial score (nSPS) is 22.4. The smallest absolute Gasteiger partial charge is 0.252 e. The van der Waals surface area contributed by atoms with Crippen LogP contribution in [0.4, 0.5) is 0 Å². The third kappa shape index (κ3) is 1.29. The molecule has 0 aromatic carbocycles. The summed E-state index contributed by atoms with van der Waals surface area (Å²) in [6.07, 6.45) is 3.04. The summed E-state index contributed by atoms with van der Waals surface area (Å²) in [6, 6.07) is 5.03. The maximum atomic E-state index is 11.7. The van der Waals surface area contributed by atoms with Crippen molar-refractivity contribution in [2.24, 2.45) is 5.41 Å². The van der Waals surface area contributed by atoms with Crippen LogP contribution in [0.3, 0.4) is 0 Å². The first kappa shape index (κ1) is 10.9. The van der Waals surface area contributed by atoms with Gasteiger partial charge in [0.25, 0.3) is 5.56 Å². The Kier molecular flexibility index (Phi) is 2.58. The molecule has 1 amide bonds. The Morgan fingerprint density at radius 1 is 1.31 bits per heavy atom. The summed E-state index contributed by atoms with van der Waals surface area (Å²) in [5.41, 5.74) is -0.482. The summed E-state index contributed by atoms with van der Waals surface area (Å²) in [7, 11) is 0. The number of carbonyl (C=O) groups is 1. The molecule has 0 saturated carbocycles. The van der Waals surface area contributed by atoms with E-state index in [1.807, 2.05) is 19.9 Å². The van der Waals surface area contributed by atoms with Crippen LogP contribution in [0.2, 0.25) is 0 Å². The minimum Gasteiger partial charge on any atom is -0.334 e. The molecule has 1 aliphatic heterocycles. The van der Waals surface area contributed by atoms with Crippen LogP contribution >= 0.6 is 0 Å². The van der Waals surface area contributed by atoms with Gasteiger partial charge in [0.1, 0.15) is 6.17 Å². The summed E-state index contributed by atoms with van der Waals surface area (Å²) in [6.45, 7) is 3.98. The Labute approximate surface area is 94.3 Å². The number of hydrogen-bond acceptors (Lipinski definition) is 2. The van der Waals surface area contributed by atoms with E-state index in [0.29, 0.717) is 0 Å². The highest BCUT2D eigenvalue weighted by Gasteiger charge is 2.53. The highest BCUT2D eigenvalue weighted by molar-refractivity contribution is 5.89. The molecule has 1 fully saturated rings. The number of amides is 1. The van der Waals surface area contributed by atoms with E-state index in [1.165, 1.54) is 6.07 Å². The minimum atomic E-state index is -0.412. The topological polar surface area (TPSA) is 51.1 Å². The second kappa shape index (κ2) is 3.77. The lowest BCUT2D eigenvalue weighted by atomic mass is 9.72. The maximum absolute atomic E-state index is 11.7. The zero-order valence-electron chi connectivity index (χ0n) is 9.56. The van der Waals surface area contributed by atoms with Gasteiger partial charge in [0.2, 0.25) is 5.91 Å². The lowest BCUT2D eigenvalue weighted by Crippen LogP contribution is -2.64. The molecule has 1 N–H and O–H groups in total. The minimum absolute atomic E-state index is 0.0539. The molecule has 0 bridgehead atoms. The quantitative estimate of drug-likeness (QED) is 0.780. The molecule has 86 valence electrons. The van der Waals surface area contributed by atoms with Gasteiger partial charge < -0.3 is 5.32 Å². The van der Waals surface area contributed by atoms with E-state index >= 15 is 0 Å². The highest BCUT2D eigenvalue weighted by atomic mass is 16.2. The van der Waals surface area contributed by atoms with Crippen molar-refractivity contribution in [3.63, 3.8) is 0 Å². The van der Waals surface area contributed by atoms with Crippen LogP contribution in [0.5, 0.6) is 0 Å². The third-order valence-electron chi connectivity index (χ3n) is 3.63. The van der Waals surface area contributed by atoms with Gasteiger partial charge in [-0.05, 0) is 18.9 Å². The number of nitrogens with one attached hydrogen (secondary N) is 1. The number of β-lactam (4-membered cyclic amide) rings is 1. The Bertz CT molecular complexity index is 460. The molecule has 1 aromatic rings. The van der Waals surface area contributed by atoms with E-state index in [0.717, 1.165) is 12.8 Å². The molecule has 4 heteroatoms. The van der Waals surface area contributed by atoms with Gasteiger partial charge in [-0.25, -0.2) is 0 Å². The third-order valence-corrected chi connectivity index (χ3v) is 3.63. The first-order valence-electron chi connectivity index (χ1n) is 5.64. The van der Waals surface area contributed by atoms with Crippen molar-refractivity contribution >= 4 is 5.91 Å². The summed E-state index contributed by atoms with van der Waals surface area (Å²) in [4.78, 5) is 23.4. The van der Waals surface area contributed by atoms with Crippen molar-refractivity contribution in [2.45, 2.75) is 32.9 Å². The van der Waals surface area contributed by atoms with Crippen LogP contribution in [-0.2, 0) is 4.79 Å². The monoisotopic (exact) mass is 220 g/mol. The van der Waals surface area contributed by atoms with E-state index in [4.69, 9.17) is 0 Å². The average molecular weight is 220 g/mol. The fraction of sp³-hybridized carbons (Fsp3) is 0.500. The zero-order valence-corrected chi connectivity index (χ0v) is 9.56. The molecule has 16 heavy (non-hydrogen) atoms. The van der Waals surface area contributed by atoms with Gasteiger partial charge >= 0.3 is 0 Å². The fourth-order valence-corrected chi connectivity index (χ4v) is 2.40. The van der Waals surface area contributed by atoms with Gasteiger partial charge in [-0.1, -0.05) is 19.9 Å². The van der Waals surface area contributed by atoms with E-state index in [-0.39, 0.29) is 17.6 Å². The highest BCUT2D eigenvalue weighted by Crippen LogP contribution is 2.43. The Balaban J connectivity index is 2.41. The van der Waals surface area contributed by atoms with Crippen molar-refractivity contribution in [3.05, 3.63) is 34.7 Å². The molecule has 2 rings (SSSR count). The van der Waals surface area contributed by atoms with E-state index in [1.54, 1.807) is 16.8 Å². The zero-order chi connectivity index (χ0) is 11.8. The van der Waals surface area contributed by atoms with Crippen molar-refractivity contribution < 1.29 is 4.79 Å². The molecule has 0 radical (unpaired) electrons. The van der Waals surface area contributed by atoms with E-state index in [2.05, 4.69) is 5.32 Å². The number of carbonyl (C=O) groups excluding carboxylic acids is 1. The fourth-order valence-electron chi connectivity index (χ4n) is 2.40. The second-order valence-corrected chi connectivity index (χ2v) is 4.19. The van der Waals surface area contributed by atoms with Gasteiger partial charge in [0.15, 0.2) is 0 Å². The number of pyridine rings is 1. The molecular weight excluding hydrogens is 204 g/mol. The van der Waals surface area contributed by atoms with Gasteiger partial charge in [-0.15, -0.1) is 0 Å². The van der Waals surface area contributed by atoms with Crippen LogP contribution in [-0.4, -0.2) is 10.5 Å². The van der Waals surface area contributed by atoms with Crippen LogP contribution in [0.25, 0.3) is 0 Å². The Morgan fingerprint density at radius 2 is 2.00 bits per heavy atom. The standard InChI is InChI=1S/C12H16N2O2/c1-3-12(4-2)10(13-11(12)16)14-8-6-5-7-9(14)15/h5-8,10H,3-4H2,1-2H3,(H,13,16). The van der Waals surface area contributed by atoms with Crippen LogP contribution in [0.1, 0.15) is 32.9 Å². The lowest BCUT2D eigenvalue weighted by molar-refractivity contribution is -0.152. The summed E-state index contributed by atoms with van der Waals surface area (Å²) in [5.74, 6) is 0.0539. The van der Waals surface area contributed by atoms with Crippen LogP contribution in [0, 0.1) is 5.41 Å². The lowest BCUT2D eigenvalue weighted by Gasteiger charge is -2.48. The molecule has 1 unspecified atom stereocenters. The maximum Gasteiger partial charge on any atom is 0.252 e. The van der Waals surface area contributed by atoms with Gasteiger partial charge in [0, 0.05) is 12.3 Å². The number of aromatic nitrogens is 1. The first-order chi connectivity index (χ1) is 7.65. The van der Waals surface area contributed by atoms with Crippen molar-refractivity contribution in [3.8, 4) is 0 Å². The molecule has 1 aromatic heterocycles. The molecule has 4 nitrogen and oxygen atoms in total. The molecule has 0 spiro atoms. The molecule has 1 saturated heterocycles. The van der Waals surface area contributed by atoms with E-state index in [9.17, 15) is 9.59 Å². The average Bonchev–Trinajstić information content (AvgIpc) is 2.29. The largest absolute Gasteiger partial charge is 0.334 e. The molecule has 0 aliphatic carbocycles. The molecule has 1 atom stereocenters. The van der Waals surface area contributed by atoms with Crippen molar-refractivity contribution in [1.82, 2.24) is 9.88 Å². The van der Waals surface area contributed by atoms with Gasteiger partial charge in [-0.3, -0.25) is 14.2 Å². The number of hydrogen-bond donors (Lipinski definition) is 1.